The summed E-state index contributed by atoms with van der Waals surface area (Å²) in [5.74, 6) is 1.62. The van der Waals surface area contributed by atoms with Gasteiger partial charge in [-0.3, -0.25) is 19.2 Å². The fourth-order valence-corrected chi connectivity index (χ4v) is 12.7. The van der Waals surface area contributed by atoms with Crippen LogP contribution in [0.2, 0.25) is 0 Å². The lowest BCUT2D eigenvalue weighted by Crippen LogP contribution is -2.43. The molecule has 4 aliphatic rings. The van der Waals surface area contributed by atoms with E-state index in [1.165, 1.54) is 5.56 Å². The van der Waals surface area contributed by atoms with Crippen LogP contribution in [0.15, 0.2) is 91.0 Å². The number of carbonyl (C=O) groups excluding carboxylic acids is 4. The Bertz CT molecular complexity index is 2780. The van der Waals surface area contributed by atoms with Crippen LogP contribution in [0, 0.1) is 6.92 Å². The second kappa shape index (κ2) is 21.1. The summed E-state index contributed by atoms with van der Waals surface area (Å²) in [7, 11) is 5.11. The van der Waals surface area contributed by atoms with Crippen molar-refractivity contribution in [1.29, 1.82) is 0 Å². The summed E-state index contributed by atoms with van der Waals surface area (Å²) in [4.78, 5) is 57.3. The molecule has 3 unspecified atom stereocenters. The van der Waals surface area contributed by atoms with Crippen molar-refractivity contribution in [3.05, 3.63) is 141 Å². The van der Waals surface area contributed by atoms with Crippen molar-refractivity contribution >= 4 is 62.2 Å². The average Bonchev–Trinajstić information content (AvgIpc) is 3.87. The van der Waals surface area contributed by atoms with E-state index < -0.39 is 6.10 Å². The van der Waals surface area contributed by atoms with E-state index in [1.807, 2.05) is 97.6 Å². The van der Waals surface area contributed by atoms with Gasteiger partial charge >= 0.3 is 0 Å². The van der Waals surface area contributed by atoms with Gasteiger partial charge in [0.25, 0.3) is 11.8 Å². The Morgan fingerprint density at radius 1 is 0.725 bits per heavy atom. The van der Waals surface area contributed by atoms with Crippen LogP contribution in [0.1, 0.15) is 119 Å². The number of ketones is 1. The van der Waals surface area contributed by atoms with E-state index in [4.69, 9.17) is 14.2 Å². The molecule has 0 aliphatic carbocycles. The molecule has 13 heteroatoms. The molecule has 0 aromatic heterocycles. The summed E-state index contributed by atoms with van der Waals surface area (Å²) in [6.45, 7) is 8.40. The minimum Gasteiger partial charge on any atom is -0.493 e. The summed E-state index contributed by atoms with van der Waals surface area (Å²) in [5, 5.41) is 15.2. The highest BCUT2D eigenvalue weighted by molar-refractivity contribution is 8.77. The topological polar surface area (TPSA) is 135 Å². The Morgan fingerprint density at radius 3 is 2.03 bits per heavy atom. The van der Waals surface area contributed by atoms with E-state index in [-0.39, 0.29) is 54.1 Å². The zero-order valence-electron chi connectivity index (χ0n) is 40.0. The molecule has 0 fully saturated rings. The number of anilines is 3. The maximum atomic E-state index is 14.1. The lowest BCUT2D eigenvalue weighted by atomic mass is 9.96. The van der Waals surface area contributed by atoms with Crippen LogP contribution in [-0.4, -0.2) is 64.4 Å². The molecular weight excluding hydrogens is 907 g/mol. The number of methoxy groups -OCH3 is 1. The fraction of sp³-hybridized carbons (Fsp3) is 0.393. The minimum absolute atomic E-state index is 0.0320. The first-order chi connectivity index (χ1) is 33.4. The number of aliphatic hydroxyl groups is 1. The molecule has 2 N–H and O–H groups in total. The normalized spacial score (nSPS) is 18.7. The quantitative estimate of drug-likeness (QED) is 0.0817. The second-order valence-electron chi connectivity index (χ2n) is 18.9. The highest BCUT2D eigenvalue weighted by atomic mass is 33.1. The standard InChI is InChI=1S/C56H61N3O8S2/c1-6-44(60)19-15-34(3)68-69-35(4)16-20-54(62)57-42-23-36(31-66-51-29-41-27-50(61)49-26-40-12-8-10-14-48(40)59(49)56(64)45(41)21-33(51)2)22-37(24-42)32-67-53-28-38-17-18-43-25-39-11-7-9-13-47(39)58(43)55(63)46(38)30-52(53)65-5/h7-14,21-24,28-30,34-35,43,49-50,61H,6,15-20,25-27,31-32H2,1-5H3,(H,57,62)/t34?,35?,43-,49+,50?/m1/s1. The molecule has 0 saturated heterocycles. The van der Waals surface area contributed by atoms with Gasteiger partial charge < -0.3 is 34.4 Å². The zero-order valence-corrected chi connectivity index (χ0v) is 41.7. The van der Waals surface area contributed by atoms with Crippen molar-refractivity contribution in [2.45, 2.75) is 134 Å². The van der Waals surface area contributed by atoms with Crippen molar-refractivity contribution in [2.75, 3.05) is 22.2 Å². The zero-order chi connectivity index (χ0) is 48.3. The van der Waals surface area contributed by atoms with Crippen molar-refractivity contribution in [3.8, 4) is 17.2 Å². The molecule has 0 saturated carbocycles. The third-order valence-corrected chi connectivity index (χ3v) is 17.4. The molecule has 5 atom stereocenters. The Morgan fingerprint density at radius 2 is 1.33 bits per heavy atom. The monoisotopic (exact) mass is 967 g/mol. The number of fused-ring (bicyclic) bond motifs is 8. The predicted octanol–water partition coefficient (Wildman–Crippen LogP) is 10.8. The van der Waals surface area contributed by atoms with Gasteiger partial charge in [-0.05, 0) is 139 Å². The molecule has 0 radical (unpaired) electrons. The van der Waals surface area contributed by atoms with E-state index in [9.17, 15) is 24.3 Å². The Hall–Kier alpha value is -5.76. The molecule has 0 bridgehead atoms. The van der Waals surface area contributed by atoms with Crippen LogP contribution in [0.5, 0.6) is 17.2 Å². The number of hydrogen-bond donors (Lipinski definition) is 2. The number of ether oxygens (including phenoxy) is 3. The van der Waals surface area contributed by atoms with Crippen molar-refractivity contribution in [1.82, 2.24) is 0 Å². The van der Waals surface area contributed by atoms with Gasteiger partial charge in [0.1, 0.15) is 24.7 Å². The summed E-state index contributed by atoms with van der Waals surface area (Å²) in [6, 6.07) is 29.0. The van der Waals surface area contributed by atoms with Crippen molar-refractivity contribution in [3.63, 3.8) is 0 Å². The lowest BCUT2D eigenvalue weighted by Gasteiger charge is -2.26. The number of Topliss-reactive ketones (excluding diaryl/α,β-unsaturated/α-hetero) is 1. The molecular formula is C56H61N3O8S2. The van der Waals surface area contributed by atoms with Gasteiger partial charge in [-0.15, -0.1) is 0 Å². The lowest BCUT2D eigenvalue weighted by molar-refractivity contribution is -0.119. The van der Waals surface area contributed by atoms with Crippen LogP contribution >= 0.6 is 21.6 Å². The van der Waals surface area contributed by atoms with E-state index in [1.54, 1.807) is 39.7 Å². The number of nitrogens with one attached hydrogen (secondary N) is 1. The van der Waals surface area contributed by atoms with Crippen LogP contribution in [-0.2, 0) is 48.5 Å². The van der Waals surface area contributed by atoms with Gasteiger partial charge in [-0.1, -0.05) is 78.8 Å². The molecule has 4 aliphatic heterocycles. The molecule has 0 spiro atoms. The SMILES string of the molecule is CCC(=O)CCC(C)SSC(C)CCC(=O)Nc1cc(COc2cc3c(cc2C)C(=O)N2c4ccccc4C[C@H]2C(O)C3)cc(COc2cc3c(cc2OC)C(=O)N2c4ccccc4C[C@H]2CC3)c1. The van der Waals surface area contributed by atoms with E-state index >= 15 is 0 Å². The molecule has 5 aromatic carbocycles. The van der Waals surface area contributed by atoms with Crippen LogP contribution < -0.4 is 29.3 Å². The van der Waals surface area contributed by atoms with Gasteiger partial charge in [-0.25, -0.2) is 0 Å². The molecule has 9 rings (SSSR count). The number of benzene rings is 5. The molecule has 69 heavy (non-hydrogen) atoms. The maximum absolute atomic E-state index is 14.1. The Labute approximate surface area is 413 Å². The number of aryl methyl sites for hydroxylation is 2. The minimum atomic E-state index is -0.749. The maximum Gasteiger partial charge on any atom is 0.258 e. The Kier molecular flexibility index (Phi) is 14.7. The average molecular weight is 968 g/mol. The molecule has 3 amide bonds. The highest BCUT2D eigenvalue weighted by Gasteiger charge is 2.42. The second-order valence-corrected chi connectivity index (χ2v) is 22.1. The van der Waals surface area contributed by atoms with Crippen molar-refractivity contribution < 1.29 is 38.5 Å². The molecule has 4 heterocycles. The van der Waals surface area contributed by atoms with E-state index in [0.717, 1.165) is 70.4 Å². The van der Waals surface area contributed by atoms with Gasteiger partial charge in [0.15, 0.2) is 11.5 Å². The van der Waals surface area contributed by atoms with E-state index in [2.05, 4.69) is 25.2 Å². The van der Waals surface area contributed by atoms with Gasteiger partial charge in [0.05, 0.1) is 19.3 Å². The molecule has 5 aromatic rings. The summed E-state index contributed by atoms with van der Waals surface area (Å²) >= 11 is 0. The number of amides is 3. The highest BCUT2D eigenvalue weighted by Crippen LogP contribution is 2.42. The number of hydrogen-bond acceptors (Lipinski definition) is 10. The first-order valence-corrected chi connectivity index (χ1v) is 26.5. The number of nitrogens with zero attached hydrogens (tertiary/aromatic N) is 2. The van der Waals surface area contributed by atoms with Crippen molar-refractivity contribution in [2.24, 2.45) is 0 Å². The third kappa shape index (κ3) is 10.6. The van der Waals surface area contributed by atoms with E-state index in [0.29, 0.717) is 77.8 Å². The number of para-hydroxylation sites is 2. The smallest absolute Gasteiger partial charge is 0.258 e. The Balaban J connectivity index is 0.923. The third-order valence-electron chi connectivity index (χ3n) is 13.9. The van der Waals surface area contributed by atoms with Crippen LogP contribution in [0.4, 0.5) is 17.1 Å². The molecule has 360 valence electrons. The van der Waals surface area contributed by atoms with Gasteiger partial charge in [0.2, 0.25) is 5.91 Å². The number of carbonyl (C=O) groups is 4. The first kappa shape index (κ1) is 48.3. The van der Waals surface area contributed by atoms with Crippen LogP contribution in [0.25, 0.3) is 0 Å². The molecule has 11 nitrogen and oxygen atoms in total. The van der Waals surface area contributed by atoms with Gasteiger partial charge in [0, 0.05) is 70.4 Å². The fourth-order valence-electron chi connectivity index (χ4n) is 10.1. The summed E-state index contributed by atoms with van der Waals surface area (Å²) in [6.07, 6.45) is 5.59. The number of rotatable bonds is 18. The first-order valence-electron chi connectivity index (χ1n) is 24.2. The van der Waals surface area contributed by atoms with Crippen LogP contribution in [0.3, 0.4) is 0 Å². The predicted molar refractivity (Wildman–Crippen MR) is 275 cm³/mol. The largest absolute Gasteiger partial charge is 0.493 e. The van der Waals surface area contributed by atoms with Gasteiger partial charge in [-0.2, -0.15) is 0 Å². The summed E-state index contributed by atoms with van der Waals surface area (Å²) < 4.78 is 18.9. The number of aliphatic hydroxyl groups excluding tert-OH is 1. The summed E-state index contributed by atoms with van der Waals surface area (Å²) in [5.41, 5.74) is 9.90.